The molecule has 2 bridgehead atoms. The van der Waals surface area contributed by atoms with Crippen molar-refractivity contribution in [3.8, 4) is 5.75 Å². The van der Waals surface area contributed by atoms with Crippen molar-refractivity contribution in [2.24, 2.45) is 0 Å². The number of nitrogens with zero attached hydrogens (tertiary/aromatic N) is 1. The molecule has 0 unspecified atom stereocenters. The molecule has 2 aliphatic rings. The molecule has 2 aromatic carbocycles. The topological polar surface area (TPSA) is 79.9 Å². The molecule has 0 radical (unpaired) electrons. The zero-order chi connectivity index (χ0) is 26.7. The van der Waals surface area contributed by atoms with E-state index in [1.807, 2.05) is 0 Å². The number of rotatable bonds is 6. The first-order valence-corrected chi connectivity index (χ1v) is 11.8. The molecule has 12 heteroatoms. The van der Waals surface area contributed by atoms with E-state index in [9.17, 15) is 27.2 Å². The van der Waals surface area contributed by atoms with Crippen LogP contribution in [0.3, 0.4) is 0 Å². The number of piperidine rings is 1. The van der Waals surface area contributed by atoms with Crippen molar-refractivity contribution < 1.29 is 36.6 Å². The van der Waals surface area contributed by atoms with E-state index in [4.69, 9.17) is 16.3 Å². The Morgan fingerprint density at radius 2 is 1.78 bits per heavy atom. The van der Waals surface area contributed by atoms with Gasteiger partial charge in [0.05, 0.1) is 30.3 Å². The van der Waals surface area contributed by atoms with Gasteiger partial charge in [-0.3, -0.25) is 9.59 Å². The van der Waals surface area contributed by atoms with Gasteiger partial charge in [-0.15, -0.1) is 13.2 Å². The van der Waals surface area contributed by atoms with Crippen LogP contribution >= 0.6 is 11.6 Å². The third-order valence-electron chi connectivity index (χ3n) is 6.04. The Balaban J connectivity index is 1.51. The number of hydrogen-bond donors (Lipinski definition) is 2. The monoisotopic (exact) mass is 541 g/mol. The standard InChI is InChI=1S/C25H24ClF4N3O4/c1-14(34)31-22-11-21(26)23(37-25(28,29)30)8-15(22)2-7-24(35)33-19-9-18(10-20(33)13-36-12-19)32-17-5-3-16(27)4-6-17/h2-8,11,18-20,32H,9-10,12-13H2,1H3,(H,31,34)/b7-2+/t18-,19-,20+. The lowest BCUT2D eigenvalue weighted by Gasteiger charge is -2.48. The van der Waals surface area contributed by atoms with Crippen LogP contribution in [0.1, 0.15) is 25.3 Å². The average molecular weight is 542 g/mol. The van der Waals surface area contributed by atoms with Gasteiger partial charge in [-0.05, 0) is 55.3 Å². The first-order chi connectivity index (χ1) is 17.5. The van der Waals surface area contributed by atoms with Gasteiger partial charge in [0.25, 0.3) is 0 Å². The van der Waals surface area contributed by atoms with Crippen LogP contribution in [0.15, 0.2) is 42.5 Å². The van der Waals surface area contributed by atoms with Gasteiger partial charge in [-0.2, -0.15) is 0 Å². The summed E-state index contributed by atoms with van der Waals surface area (Å²) >= 11 is 5.91. The molecule has 2 saturated heterocycles. The lowest BCUT2D eigenvalue weighted by molar-refractivity contribution is -0.274. The van der Waals surface area contributed by atoms with Gasteiger partial charge in [-0.25, -0.2) is 4.39 Å². The Bertz CT molecular complexity index is 1180. The molecular formula is C25H24ClF4N3O4. The quantitative estimate of drug-likeness (QED) is 0.387. The highest BCUT2D eigenvalue weighted by Crippen LogP contribution is 2.36. The molecule has 0 spiro atoms. The number of nitrogens with one attached hydrogen (secondary N) is 2. The van der Waals surface area contributed by atoms with Gasteiger partial charge in [0.1, 0.15) is 11.6 Å². The highest BCUT2D eigenvalue weighted by Gasteiger charge is 2.41. The average Bonchev–Trinajstić information content (AvgIpc) is 2.79. The summed E-state index contributed by atoms with van der Waals surface area (Å²) in [7, 11) is 0. The number of anilines is 2. The Labute approximate surface area is 215 Å². The molecule has 0 saturated carbocycles. The number of benzene rings is 2. The predicted molar refractivity (Wildman–Crippen MR) is 130 cm³/mol. The molecule has 0 aliphatic carbocycles. The van der Waals surface area contributed by atoms with Gasteiger partial charge in [0.15, 0.2) is 0 Å². The molecule has 0 aromatic heterocycles. The van der Waals surface area contributed by atoms with Crippen molar-refractivity contribution in [1.82, 2.24) is 4.90 Å². The lowest BCUT2D eigenvalue weighted by Crippen LogP contribution is -2.60. The van der Waals surface area contributed by atoms with Crippen LogP contribution in [-0.2, 0) is 14.3 Å². The maximum absolute atomic E-state index is 13.2. The largest absolute Gasteiger partial charge is 0.573 e. The predicted octanol–water partition coefficient (Wildman–Crippen LogP) is 5.22. The molecule has 2 aromatic rings. The van der Waals surface area contributed by atoms with Crippen LogP contribution in [-0.4, -0.2) is 54.4 Å². The minimum atomic E-state index is -4.97. The summed E-state index contributed by atoms with van der Waals surface area (Å²) in [4.78, 5) is 26.5. The van der Waals surface area contributed by atoms with E-state index in [1.165, 1.54) is 31.2 Å². The summed E-state index contributed by atoms with van der Waals surface area (Å²) in [5, 5.41) is 5.51. The van der Waals surface area contributed by atoms with E-state index in [2.05, 4.69) is 15.4 Å². The number of halogens is 5. The zero-order valence-electron chi connectivity index (χ0n) is 19.6. The van der Waals surface area contributed by atoms with Crippen LogP contribution in [0, 0.1) is 5.82 Å². The second kappa shape index (κ2) is 11.0. The molecule has 2 N–H and O–H groups in total. The fourth-order valence-electron chi connectivity index (χ4n) is 4.63. The fourth-order valence-corrected chi connectivity index (χ4v) is 4.83. The van der Waals surface area contributed by atoms with Crippen LogP contribution in [0.4, 0.5) is 28.9 Å². The summed E-state index contributed by atoms with van der Waals surface area (Å²) in [6.45, 7) is 1.90. The number of carbonyl (C=O) groups excluding carboxylic acids is 2. The highest BCUT2D eigenvalue weighted by molar-refractivity contribution is 6.32. The number of ether oxygens (including phenoxy) is 2. The Morgan fingerprint density at radius 3 is 2.38 bits per heavy atom. The van der Waals surface area contributed by atoms with Gasteiger partial charge < -0.3 is 25.0 Å². The first-order valence-electron chi connectivity index (χ1n) is 11.5. The van der Waals surface area contributed by atoms with Crippen molar-refractivity contribution in [1.29, 1.82) is 0 Å². The zero-order valence-corrected chi connectivity index (χ0v) is 20.4. The second-order valence-electron chi connectivity index (χ2n) is 8.84. The molecule has 2 heterocycles. The van der Waals surface area contributed by atoms with Gasteiger partial charge >= 0.3 is 6.36 Å². The molecule has 3 atom stereocenters. The third-order valence-corrected chi connectivity index (χ3v) is 6.33. The molecular weight excluding hydrogens is 518 g/mol. The lowest BCUT2D eigenvalue weighted by atomic mass is 9.89. The van der Waals surface area contributed by atoms with E-state index < -0.39 is 18.0 Å². The maximum atomic E-state index is 13.2. The summed E-state index contributed by atoms with van der Waals surface area (Å²) in [5.41, 5.74) is 1.01. The molecule has 198 valence electrons. The SMILES string of the molecule is CC(=O)Nc1cc(Cl)c(OC(F)(F)F)cc1/C=C/C(=O)N1[C@@H]2COC[C@H]1C[C@@H](Nc1ccc(F)cc1)C2. The van der Waals surface area contributed by atoms with Crippen molar-refractivity contribution in [3.05, 3.63) is 58.9 Å². The van der Waals surface area contributed by atoms with Crippen molar-refractivity contribution >= 4 is 40.9 Å². The summed E-state index contributed by atoms with van der Waals surface area (Å²) < 4.78 is 61.2. The number of hydrogen-bond acceptors (Lipinski definition) is 5. The van der Waals surface area contributed by atoms with Crippen molar-refractivity contribution in [3.63, 3.8) is 0 Å². The van der Waals surface area contributed by atoms with E-state index in [1.54, 1.807) is 17.0 Å². The van der Waals surface area contributed by atoms with E-state index in [-0.39, 0.29) is 46.1 Å². The van der Waals surface area contributed by atoms with Gasteiger partial charge in [0, 0.05) is 36.0 Å². The van der Waals surface area contributed by atoms with Crippen LogP contribution in [0.5, 0.6) is 5.75 Å². The van der Waals surface area contributed by atoms with E-state index >= 15 is 0 Å². The normalized spacial score (nSPS) is 21.6. The highest BCUT2D eigenvalue weighted by atomic mass is 35.5. The maximum Gasteiger partial charge on any atom is 0.573 e. The smallest absolute Gasteiger partial charge is 0.404 e. The first kappa shape index (κ1) is 26.7. The van der Waals surface area contributed by atoms with Crippen LogP contribution in [0.2, 0.25) is 5.02 Å². The fraction of sp³-hybridized carbons (Fsp3) is 0.360. The van der Waals surface area contributed by atoms with Crippen LogP contribution in [0.25, 0.3) is 6.08 Å². The van der Waals surface area contributed by atoms with E-state index in [0.717, 1.165) is 17.8 Å². The summed E-state index contributed by atoms with van der Waals surface area (Å²) in [6, 6.07) is 7.76. The number of alkyl halides is 3. The van der Waals surface area contributed by atoms with Crippen LogP contribution < -0.4 is 15.4 Å². The molecule has 37 heavy (non-hydrogen) atoms. The van der Waals surface area contributed by atoms with Crippen molar-refractivity contribution in [2.45, 2.75) is 44.3 Å². The van der Waals surface area contributed by atoms with E-state index in [0.29, 0.717) is 26.1 Å². The number of carbonyl (C=O) groups is 2. The van der Waals surface area contributed by atoms with Gasteiger partial charge in [0.2, 0.25) is 11.8 Å². The summed E-state index contributed by atoms with van der Waals surface area (Å²) in [5.74, 6) is -1.81. The minimum absolute atomic E-state index is 0.0436. The third kappa shape index (κ3) is 6.92. The number of amides is 2. The minimum Gasteiger partial charge on any atom is -0.404 e. The molecule has 2 fully saturated rings. The van der Waals surface area contributed by atoms with Crippen molar-refractivity contribution in [2.75, 3.05) is 23.8 Å². The Morgan fingerprint density at radius 1 is 1.14 bits per heavy atom. The molecule has 2 aliphatic heterocycles. The Kier molecular flexibility index (Phi) is 7.93. The summed E-state index contributed by atoms with van der Waals surface area (Å²) in [6.07, 6.45) is -1.23. The molecule has 4 rings (SSSR count). The molecule has 2 amide bonds. The second-order valence-corrected chi connectivity index (χ2v) is 9.25. The Hall–Kier alpha value is -3.31. The number of morpholine rings is 1. The molecule has 7 nitrogen and oxygen atoms in total. The van der Waals surface area contributed by atoms with Gasteiger partial charge in [-0.1, -0.05) is 11.6 Å². The number of fused-ring (bicyclic) bond motifs is 2.